The van der Waals surface area contributed by atoms with Gasteiger partial charge in [0.15, 0.2) is 0 Å². The summed E-state index contributed by atoms with van der Waals surface area (Å²) in [6, 6.07) is -0.376. The van der Waals surface area contributed by atoms with Crippen LogP contribution in [-0.4, -0.2) is 42.3 Å². The highest BCUT2D eigenvalue weighted by atomic mass is 16.3. The topological polar surface area (TPSA) is 89.1 Å². The van der Waals surface area contributed by atoms with E-state index in [1.54, 1.807) is 33.6 Å². The molecule has 1 saturated heterocycles. The first-order valence-corrected chi connectivity index (χ1v) is 6.96. The molecular weight excluding hydrogens is 272 g/mol. The normalized spacial score (nSPS) is 20.8. The Bertz CT molecular complexity index is 647. The molecule has 2 aromatic heterocycles. The van der Waals surface area contributed by atoms with E-state index in [2.05, 4.69) is 15.4 Å². The van der Waals surface area contributed by atoms with Crippen LogP contribution in [0, 0.1) is 0 Å². The standard InChI is InChI=1S/C13H18N6O2/c1-9(20)11-8-19(16-15-11)12-4-3-5-18(13(12)21)10-6-14-17(2)7-10/h6-9,12,20H,3-5H2,1-2H3. The Labute approximate surface area is 122 Å². The van der Waals surface area contributed by atoms with E-state index in [4.69, 9.17) is 0 Å². The Morgan fingerprint density at radius 3 is 2.86 bits per heavy atom. The number of nitrogens with zero attached hydrogens (tertiary/aromatic N) is 6. The predicted molar refractivity (Wildman–Crippen MR) is 74.5 cm³/mol. The average Bonchev–Trinajstić information content (AvgIpc) is 3.08. The fraction of sp³-hybridized carbons (Fsp3) is 0.538. The van der Waals surface area contributed by atoms with Crippen molar-refractivity contribution in [2.45, 2.75) is 31.9 Å². The minimum atomic E-state index is -0.688. The Kier molecular flexibility index (Phi) is 3.46. The van der Waals surface area contributed by atoms with Crippen LogP contribution in [0.2, 0.25) is 0 Å². The highest BCUT2D eigenvalue weighted by Crippen LogP contribution is 2.27. The van der Waals surface area contributed by atoms with Crippen molar-refractivity contribution in [1.29, 1.82) is 0 Å². The lowest BCUT2D eigenvalue weighted by Gasteiger charge is -2.31. The molecule has 21 heavy (non-hydrogen) atoms. The van der Waals surface area contributed by atoms with Crippen molar-refractivity contribution in [2.75, 3.05) is 11.4 Å². The van der Waals surface area contributed by atoms with Gasteiger partial charge in [0, 0.05) is 19.8 Å². The second-order valence-electron chi connectivity index (χ2n) is 5.32. The predicted octanol–water partition coefficient (Wildman–Crippen LogP) is 0.433. The smallest absolute Gasteiger partial charge is 0.251 e. The monoisotopic (exact) mass is 290 g/mol. The van der Waals surface area contributed by atoms with E-state index in [9.17, 15) is 9.90 Å². The van der Waals surface area contributed by atoms with Gasteiger partial charge in [-0.05, 0) is 19.8 Å². The SMILES string of the molecule is CC(O)c1cn(C2CCCN(c3cnn(C)c3)C2=O)nn1. The molecule has 1 aliphatic rings. The fourth-order valence-corrected chi connectivity index (χ4v) is 2.54. The molecule has 1 amide bonds. The first-order chi connectivity index (χ1) is 10.1. The Hall–Kier alpha value is -2.22. The molecule has 1 N–H and O–H groups in total. The number of aryl methyl sites for hydroxylation is 1. The number of carbonyl (C=O) groups excluding carboxylic acids is 1. The summed E-state index contributed by atoms with van der Waals surface area (Å²) in [4.78, 5) is 14.4. The zero-order valence-electron chi connectivity index (χ0n) is 12.0. The van der Waals surface area contributed by atoms with Crippen molar-refractivity contribution in [3.8, 4) is 0 Å². The summed E-state index contributed by atoms with van der Waals surface area (Å²) < 4.78 is 3.22. The summed E-state index contributed by atoms with van der Waals surface area (Å²) in [5, 5.41) is 21.5. The lowest BCUT2D eigenvalue weighted by atomic mass is 10.0. The van der Waals surface area contributed by atoms with Crippen molar-refractivity contribution in [3.63, 3.8) is 0 Å². The van der Waals surface area contributed by atoms with Crippen LogP contribution < -0.4 is 4.90 Å². The molecule has 8 nitrogen and oxygen atoms in total. The maximum absolute atomic E-state index is 12.7. The Morgan fingerprint density at radius 1 is 1.43 bits per heavy atom. The number of aromatic nitrogens is 5. The van der Waals surface area contributed by atoms with Gasteiger partial charge in [0.2, 0.25) is 0 Å². The molecule has 112 valence electrons. The van der Waals surface area contributed by atoms with Crippen molar-refractivity contribution in [3.05, 3.63) is 24.3 Å². The summed E-state index contributed by atoms with van der Waals surface area (Å²) in [6.45, 7) is 2.30. The number of hydrogen-bond acceptors (Lipinski definition) is 5. The summed E-state index contributed by atoms with van der Waals surface area (Å²) in [5.41, 5.74) is 1.27. The van der Waals surface area contributed by atoms with Crippen LogP contribution in [0.3, 0.4) is 0 Å². The zero-order valence-corrected chi connectivity index (χ0v) is 12.0. The summed E-state index contributed by atoms with van der Waals surface area (Å²) in [7, 11) is 1.82. The third kappa shape index (κ3) is 2.54. The van der Waals surface area contributed by atoms with Crippen LogP contribution in [0.5, 0.6) is 0 Å². The van der Waals surface area contributed by atoms with Gasteiger partial charge in [-0.1, -0.05) is 5.21 Å². The maximum Gasteiger partial charge on any atom is 0.251 e. The van der Waals surface area contributed by atoms with E-state index < -0.39 is 6.10 Å². The van der Waals surface area contributed by atoms with Gasteiger partial charge in [-0.15, -0.1) is 5.10 Å². The molecule has 1 aliphatic heterocycles. The van der Waals surface area contributed by atoms with Crippen molar-refractivity contribution in [1.82, 2.24) is 24.8 Å². The molecule has 3 rings (SSSR count). The summed E-state index contributed by atoms with van der Waals surface area (Å²) in [5.74, 6) is -0.0173. The first kappa shape index (κ1) is 13.7. The first-order valence-electron chi connectivity index (χ1n) is 6.96. The van der Waals surface area contributed by atoms with Crippen LogP contribution >= 0.6 is 0 Å². The number of anilines is 1. The minimum absolute atomic E-state index is 0.0173. The zero-order chi connectivity index (χ0) is 15.0. The van der Waals surface area contributed by atoms with Crippen LogP contribution in [0.15, 0.2) is 18.6 Å². The molecule has 0 aliphatic carbocycles. The van der Waals surface area contributed by atoms with Gasteiger partial charge in [0.25, 0.3) is 5.91 Å². The number of aliphatic hydroxyl groups excluding tert-OH is 1. The van der Waals surface area contributed by atoms with Gasteiger partial charge >= 0.3 is 0 Å². The van der Waals surface area contributed by atoms with Gasteiger partial charge in [-0.25, -0.2) is 4.68 Å². The molecule has 3 heterocycles. The van der Waals surface area contributed by atoms with Gasteiger partial charge < -0.3 is 10.0 Å². The van der Waals surface area contributed by atoms with Gasteiger partial charge in [0.1, 0.15) is 11.7 Å². The molecule has 0 bridgehead atoms. The lowest BCUT2D eigenvalue weighted by Crippen LogP contribution is -2.42. The second-order valence-corrected chi connectivity index (χ2v) is 5.32. The molecule has 2 atom stereocenters. The van der Waals surface area contributed by atoms with Crippen LogP contribution in [-0.2, 0) is 11.8 Å². The molecule has 8 heteroatoms. The Morgan fingerprint density at radius 2 is 2.24 bits per heavy atom. The lowest BCUT2D eigenvalue weighted by molar-refractivity contribution is -0.123. The highest BCUT2D eigenvalue weighted by Gasteiger charge is 2.32. The molecule has 0 saturated carbocycles. The maximum atomic E-state index is 12.7. The number of aliphatic hydroxyl groups is 1. The molecule has 0 radical (unpaired) electrons. The van der Waals surface area contributed by atoms with E-state index in [0.717, 1.165) is 18.5 Å². The summed E-state index contributed by atoms with van der Waals surface area (Å²) in [6.07, 6.45) is 6.06. The minimum Gasteiger partial charge on any atom is -0.387 e. The van der Waals surface area contributed by atoms with Crippen LogP contribution in [0.4, 0.5) is 5.69 Å². The number of amides is 1. The van der Waals surface area contributed by atoms with E-state index in [1.165, 1.54) is 0 Å². The highest BCUT2D eigenvalue weighted by molar-refractivity contribution is 5.96. The average molecular weight is 290 g/mol. The van der Waals surface area contributed by atoms with E-state index in [0.29, 0.717) is 12.2 Å². The molecule has 1 fully saturated rings. The van der Waals surface area contributed by atoms with Crippen molar-refractivity contribution in [2.24, 2.45) is 7.05 Å². The van der Waals surface area contributed by atoms with Gasteiger partial charge in [0.05, 0.1) is 24.2 Å². The third-order valence-electron chi connectivity index (χ3n) is 3.69. The van der Waals surface area contributed by atoms with E-state index >= 15 is 0 Å². The van der Waals surface area contributed by atoms with Crippen molar-refractivity contribution < 1.29 is 9.90 Å². The van der Waals surface area contributed by atoms with E-state index in [-0.39, 0.29) is 11.9 Å². The largest absolute Gasteiger partial charge is 0.387 e. The van der Waals surface area contributed by atoms with Gasteiger partial charge in [-0.3, -0.25) is 9.48 Å². The fourth-order valence-electron chi connectivity index (χ4n) is 2.54. The molecule has 0 aromatic carbocycles. The molecule has 0 spiro atoms. The number of rotatable bonds is 3. The van der Waals surface area contributed by atoms with Crippen molar-refractivity contribution >= 4 is 11.6 Å². The number of carbonyl (C=O) groups is 1. The van der Waals surface area contributed by atoms with Crippen LogP contribution in [0.1, 0.15) is 37.6 Å². The second kappa shape index (κ2) is 5.28. The molecular formula is C13H18N6O2. The quantitative estimate of drug-likeness (QED) is 0.885. The third-order valence-corrected chi connectivity index (χ3v) is 3.69. The van der Waals surface area contributed by atoms with Gasteiger partial charge in [-0.2, -0.15) is 5.10 Å². The number of hydrogen-bond donors (Lipinski definition) is 1. The Balaban J connectivity index is 1.84. The van der Waals surface area contributed by atoms with Crippen LogP contribution in [0.25, 0.3) is 0 Å². The summed E-state index contributed by atoms with van der Waals surface area (Å²) >= 11 is 0. The van der Waals surface area contributed by atoms with E-state index in [1.807, 2.05) is 13.2 Å². The number of piperidine rings is 1. The molecule has 2 aromatic rings. The molecule has 2 unspecified atom stereocenters.